The first-order valence-corrected chi connectivity index (χ1v) is 7.09. The number of nitrogens with zero attached hydrogens (tertiary/aromatic N) is 2. The number of hydrogen-bond donors (Lipinski definition) is 1. The number of ether oxygens (including phenoxy) is 1. The third kappa shape index (κ3) is 4.49. The van der Waals surface area contributed by atoms with Crippen molar-refractivity contribution >= 4 is 0 Å². The van der Waals surface area contributed by atoms with E-state index in [0.717, 1.165) is 45.0 Å². The van der Waals surface area contributed by atoms with Crippen molar-refractivity contribution in [3.8, 4) is 5.75 Å². The normalized spacial score (nSPS) is 17.6. The molecule has 1 fully saturated rings. The molecule has 0 amide bonds. The van der Waals surface area contributed by atoms with Crippen molar-refractivity contribution in [3.63, 3.8) is 0 Å². The van der Waals surface area contributed by atoms with E-state index < -0.39 is 0 Å². The van der Waals surface area contributed by atoms with Gasteiger partial charge in [0.1, 0.15) is 5.75 Å². The van der Waals surface area contributed by atoms with Crippen molar-refractivity contribution in [1.82, 2.24) is 9.80 Å². The third-order valence-electron chi connectivity index (χ3n) is 3.52. The van der Waals surface area contributed by atoms with Crippen LogP contribution in [0, 0.1) is 0 Å². The van der Waals surface area contributed by atoms with Crippen molar-refractivity contribution in [1.29, 1.82) is 0 Å². The Labute approximate surface area is 115 Å². The van der Waals surface area contributed by atoms with E-state index in [9.17, 15) is 0 Å². The topological polar surface area (TPSA) is 35.9 Å². The van der Waals surface area contributed by atoms with Crippen LogP contribution in [0.4, 0.5) is 0 Å². The summed E-state index contributed by atoms with van der Waals surface area (Å²) in [6, 6.07) is 8.37. The Bertz CT molecular complexity index is 359. The first-order valence-electron chi connectivity index (χ1n) is 7.09. The quantitative estimate of drug-likeness (QED) is 0.837. The van der Waals surface area contributed by atoms with Crippen LogP contribution in [0.25, 0.3) is 0 Å². The van der Waals surface area contributed by atoms with Gasteiger partial charge in [-0.3, -0.25) is 9.80 Å². The molecule has 0 unspecified atom stereocenters. The van der Waals surface area contributed by atoms with Crippen LogP contribution < -0.4 is 4.74 Å². The molecule has 1 N–H and O–H groups in total. The van der Waals surface area contributed by atoms with E-state index in [-0.39, 0.29) is 6.61 Å². The predicted molar refractivity (Wildman–Crippen MR) is 76.4 cm³/mol. The molecule has 0 bridgehead atoms. The van der Waals surface area contributed by atoms with Crippen molar-refractivity contribution < 1.29 is 9.84 Å². The smallest absolute Gasteiger partial charge is 0.119 e. The molecule has 19 heavy (non-hydrogen) atoms. The van der Waals surface area contributed by atoms with Crippen molar-refractivity contribution in [2.45, 2.75) is 13.5 Å². The number of benzene rings is 1. The summed E-state index contributed by atoms with van der Waals surface area (Å²) in [5.74, 6) is 0.944. The number of piperazine rings is 1. The minimum absolute atomic E-state index is 0.263. The van der Waals surface area contributed by atoms with Gasteiger partial charge in [0.25, 0.3) is 0 Å². The molecular formula is C15H24N2O2. The standard InChI is InChI=1S/C15H24N2O2/c1-2-19-15-5-3-14(4-6-15)13-17-9-7-16(8-10-17)11-12-18/h3-6,18H,2,7-13H2,1H3. The molecule has 0 saturated carbocycles. The molecule has 106 valence electrons. The summed E-state index contributed by atoms with van der Waals surface area (Å²) in [5, 5.41) is 8.92. The summed E-state index contributed by atoms with van der Waals surface area (Å²) in [6.45, 7) is 9.04. The second-order valence-electron chi connectivity index (χ2n) is 4.92. The highest BCUT2D eigenvalue weighted by Crippen LogP contribution is 2.14. The van der Waals surface area contributed by atoms with Crippen LogP contribution in [-0.4, -0.2) is 60.8 Å². The maximum Gasteiger partial charge on any atom is 0.119 e. The zero-order valence-corrected chi connectivity index (χ0v) is 11.7. The van der Waals surface area contributed by atoms with Gasteiger partial charge >= 0.3 is 0 Å². The van der Waals surface area contributed by atoms with E-state index in [1.54, 1.807) is 0 Å². The lowest BCUT2D eigenvalue weighted by Gasteiger charge is -2.34. The fourth-order valence-electron chi connectivity index (χ4n) is 2.43. The van der Waals surface area contributed by atoms with E-state index in [1.165, 1.54) is 5.56 Å². The van der Waals surface area contributed by atoms with Gasteiger partial charge in [-0.25, -0.2) is 0 Å². The molecule has 4 nitrogen and oxygen atoms in total. The summed E-state index contributed by atoms with van der Waals surface area (Å²) >= 11 is 0. The highest BCUT2D eigenvalue weighted by molar-refractivity contribution is 5.27. The lowest BCUT2D eigenvalue weighted by atomic mass is 10.2. The highest BCUT2D eigenvalue weighted by atomic mass is 16.5. The Kier molecular flexibility index (Phi) is 5.63. The van der Waals surface area contributed by atoms with Gasteiger partial charge in [0, 0.05) is 39.3 Å². The lowest BCUT2D eigenvalue weighted by Crippen LogP contribution is -2.46. The summed E-state index contributed by atoms with van der Waals surface area (Å²) in [7, 11) is 0. The summed E-state index contributed by atoms with van der Waals surface area (Å²) < 4.78 is 5.45. The summed E-state index contributed by atoms with van der Waals surface area (Å²) in [5.41, 5.74) is 1.33. The van der Waals surface area contributed by atoms with Crippen LogP contribution in [0.3, 0.4) is 0 Å². The van der Waals surface area contributed by atoms with Gasteiger partial charge < -0.3 is 9.84 Å². The van der Waals surface area contributed by atoms with Gasteiger partial charge in [-0.15, -0.1) is 0 Å². The highest BCUT2D eigenvalue weighted by Gasteiger charge is 2.16. The van der Waals surface area contributed by atoms with Crippen molar-refractivity contribution in [3.05, 3.63) is 29.8 Å². The second kappa shape index (κ2) is 7.48. The molecule has 2 rings (SSSR count). The molecule has 1 aromatic rings. The van der Waals surface area contributed by atoms with Crippen LogP contribution in [0.2, 0.25) is 0 Å². The first-order chi connectivity index (χ1) is 9.31. The maximum absolute atomic E-state index is 8.92. The zero-order chi connectivity index (χ0) is 13.5. The van der Waals surface area contributed by atoms with Gasteiger partial charge in [-0.1, -0.05) is 12.1 Å². The average molecular weight is 264 g/mol. The van der Waals surface area contributed by atoms with E-state index in [2.05, 4.69) is 21.9 Å². The van der Waals surface area contributed by atoms with Crippen LogP contribution in [0.15, 0.2) is 24.3 Å². The number of rotatable bonds is 6. The number of aliphatic hydroxyl groups excluding tert-OH is 1. The molecule has 0 radical (unpaired) electrons. The minimum Gasteiger partial charge on any atom is -0.494 e. The molecule has 1 saturated heterocycles. The first kappa shape index (κ1) is 14.3. The Hall–Kier alpha value is -1.10. The van der Waals surface area contributed by atoms with Crippen LogP contribution >= 0.6 is 0 Å². The summed E-state index contributed by atoms with van der Waals surface area (Å²) in [6.07, 6.45) is 0. The largest absolute Gasteiger partial charge is 0.494 e. The fraction of sp³-hybridized carbons (Fsp3) is 0.600. The van der Waals surface area contributed by atoms with Gasteiger partial charge in [0.05, 0.1) is 13.2 Å². The van der Waals surface area contributed by atoms with E-state index in [1.807, 2.05) is 19.1 Å². The Balaban J connectivity index is 1.78. The van der Waals surface area contributed by atoms with Crippen LogP contribution in [-0.2, 0) is 6.54 Å². The molecule has 1 heterocycles. The molecule has 0 spiro atoms. The number of hydrogen-bond acceptors (Lipinski definition) is 4. The van der Waals surface area contributed by atoms with Crippen molar-refractivity contribution in [2.75, 3.05) is 45.9 Å². The zero-order valence-electron chi connectivity index (χ0n) is 11.7. The molecule has 1 aromatic carbocycles. The molecular weight excluding hydrogens is 240 g/mol. The van der Waals surface area contributed by atoms with Gasteiger partial charge in [0.15, 0.2) is 0 Å². The Morgan fingerprint density at radius 3 is 2.26 bits per heavy atom. The summed E-state index contributed by atoms with van der Waals surface area (Å²) in [4.78, 5) is 4.78. The molecule has 4 heteroatoms. The monoisotopic (exact) mass is 264 g/mol. The van der Waals surface area contributed by atoms with Crippen LogP contribution in [0.5, 0.6) is 5.75 Å². The van der Waals surface area contributed by atoms with Gasteiger partial charge in [-0.05, 0) is 24.6 Å². The maximum atomic E-state index is 8.92. The Morgan fingerprint density at radius 2 is 1.68 bits per heavy atom. The van der Waals surface area contributed by atoms with Gasteiger partial charge in [0.2, 0.25) is 0 Å². The lowest BCUT2D eigenvalue weighted by molar-refractivity contribution is 0.108. The molecule has 0 aliphatic carbocycles. The molecule has 1 aliphatic rings. The fourth-order valence-corrected chi connectivity index (χ4v) is 2.43. The SMILES string of the molecule is CCOc1ccc(CN2CCN(CCO)CC2)cc1. The number of β-amino-alcohol motifs (C(OH)–C–C–N with tert-alkyl or cyclic N) is 1. The van der Waals surface area contributed by atoms with Crippen LogP contribution in [0.1, 0.15) is 12.5 Å². The third-order valence-corrected chi connectivity index (χ3v) is 3.52. The Morgan fingerprint density at radius 1 is 1.05 bits per heavy atom. The number of aliphatic hydroxyl groups is 1. The minimum atomic E-state index is 0.263. The van der Waals surface area contributed by atoms with E-state index >= 15 is 0 Å². The average Bonchev–Trinajstić information content (AvgIpc) is 2.44. The molecule has 1 aliphatic heterocycles. The molecule has 0 atom stereocenters. The van der Waals surface area contributed by atoms with E-state index in [0.29, 0.717) is 6.61 Å². The van der Waals surface area contributed by atoms with E-state index in [4.69, 9.17) is 9.84 Å². The van der Waals surface area contributed by atoms with Crippen molar-refractivity contribution in [2.24, 2.45) is 0 Å². The predicted octanol–water partition coefficient (Wildman–Crippen LogP) is 1.20. The van der Waals surface area contributed by atoms with Gasteiger partial charge in [-0.2, -0.15) is 0 Å². The second-order valence-corrected chi connectivity index (χ2v) is 4.92. The molecule has 0 aromatic heterocycles.